The van der Waals surface area contributed by atoms with Crippen LogP contribution in [0, 0.1) is 5.82 Å². The van der Waals surface area contributed by atoms with E-state index in [4.69, 9.17) is 4.74 Å². The molecule has 122 valence electrons. The number of hydrogen-bond donors (Lipinski definition) is 0. The molecule has 0 amide bonds. The van der Waals surface area contributed by atoms with Crippen LogP contribution in [0.2, 0.25) is 0 Å². The van der Waals surface area contributed by atoms with Crippen LogP contribution in [0.25, 0.3) is 0 Å². The number of ether oxygens (including phenoxy) is 1. The van der Waals surface area contributed by atoms with Crippen LogP contribution in [0.5, 0.6) is 0 Å². The molecule has 0 N–H and O–H groups in total. The molecule has 1 saturated heterocycles. The molecule has 0 saturated carbocycles. The van der Waals surface area contributed by atoms with E-state index >= 15 is 0 Å². The van der Waals surface area contributed by atoms with E-state index in [2.05, 4.69) is 4.98 Å². The Hall–Kier alpha value is -1.99. The van der Waals surface area contributed by atoms with Crippen LogP contribution in [0.3, 0.4) is 0 Å². The van der Waals surface area contributed by atoms with Crippen LogP contribution in [-0.2, 0) is 14.8 Å². The summed E-state index contributed by atoms with van der Waals surface area (Å²) < 4.78 is 46.4. The topological polar surface area (TPSA) is 59.5 Å². The monoisotopic (exact) mass is 336 g/mol. The lowest BCUT2D eigenvalue weighted by molar-refractivity contribution is 0.0875. The summed E-state index contributed by atoms with van der Waals surface area (Å²) in [6, 6.07) is 8.44. The smallest absolute Gasteiger partial charge is 0.266 e. The Balaban J connectivity index is 2.08. The average Bonchev–Trinajstić information content (AvgIpc) is 2.57. The van der Waals surface area contributed by atoms with Gasteiger partial charge in [0.15, 0.2) is 0 Å². The van der Waals surface area contributed by atoms with Crippen LogP contribution in [-0.4, -0.2) is 32.7 Å². The third kappa shape index (κ3) is 3.35. The van der Waals surface area contributed by atoms with Crippen molar-refractivity contribution in [2.45, 2.75) is 23.8 Å². The van der Waals surface area contributed by atoms with Gasteiger partial charge in [-0.3, -0.25) is 9.29 Å². The van der Waals surface area contributed by atoms with Gasteiger partial charge in [0.25, 0.3) is 10.0 Å². The summed E-state index contributed by atoms with van der Waals surface area (Å²) >= 11 is 0. The number of sulfonamides is 1. The molecule has 1 aromatic heterocycles. The van der Waals surface area contributed by atoms with Crippen molar-refractivity contribution in [2.75, 3.05) is 17.5 Å². The van der Waals surface area contributed by atoms with Gasteiger partial charge < -0.3 is 4.74 Å². The molecule has 2 aromatic rings. The highest BCUT2D eigenvalue weighted by molar-refractivity contribution is 7.92. The quantitative estimate of drug-likeness (QED) is 0.861. The highest BCUT2D eigenvalue weighted by atomic mass is 32.2. The fourth-order valence-corrected chi connectivity index (χ4v) is 4.36. The average molecular weight is 336 g/mol. The Bertz CT molecular complexity index is 762. The van der Waals surface area contributed by atoms with Crippen molar-refractivity contribution in [1.82, 2.24) is 4.98 Å². The third-order valence-corrected chi connectivity index (χ3v) is 5.64. The predicted octanol–water partition coefficient (Wildman–Crippen LogP) is 2.60. The van der Waals surface area contributed by atoms with E-state index in [9.17, 15) is 12.8 Å². The van der Waals surface area contributed by atoms with Gasteiger partial charge in [-0.1, -0.05) is 6.07 Å². The fraction of sp³-hybridized carbons (Fsp3) is 0.312. The van der Waals surface area contributed by atoms with Gasteiger partial charge >= 0.3 is 0 Å². The van der Waals surface area contributed by atoms with E-state index in [-0.39, 0.29) is 10.9 Å². The van der Waals surface area contributed by atoms with E-state index in [1.165, 1.54) is 41.0 Å². The number of halogens is 1. The number of anilines is 1. The van der Waals surface area contributed by atoms with Gasteiger partial charge in [0, 0.05) is 31.6 Å². The van der Waals surface area contributed by atoms with Gasteiger partial charge in [-0.15, -0.1) is 0 Å². The second-order valence-corrected chi connectivity index (χ2v) is 7.13. The molecule has 1 aliphatic rings. The van der Waals surface area contributed by atoms with E-state index < -0.39 is 15.8 Å². The molecular formula is C16H17FN2O3S. The Morgan fingerprint density at radius 1 is 1.17 bits per heavy atom. The normalized spacial score (nSPS) is 16.2. The number of benzene rings is 1. The molecule has 0 atom stereocenters. The first-order valence-corrected chi connectivity index (χ1v) is 8.81. The zero-order chi connectivity index (χ0) is 16.3. The summed E-state index contributed by atoms with van der Waals surface area (Å²) in [7, 11) is -3.82. The molecule has 0 aliphatic carbocycles. The predicted molar refractivity (Wildman–Crippen MR) is 84.1 cm³/mol. The zero-order valence-corrected chi connectivity index (χ0v) is 13.2. The van der Waals surface area contributed by atoms with E-state index in [0.717, 1.165) is 0 Å². The van der Waals surface area contributed by atoms with Crippen molar-refractivity contribution in [3.8, 4) is 0 Å². The van der Waals surface area contributed by atoms with Crippen molar-refractivity contribution in [3.05, 3.63) is 54.6 Å². The molecule has 2 heterocycles. The molecule has 5 nitrogen and oxygen atoms in total. The first-order chi connectivity index (χ1) is 11.1. The highest BCUT2D eigenvalue weighted by Gasteiger charge is 2.33. The molecule has 3 rings (SSSR count). The SMILES string of the molecule is O=S(=O)(c1cccnc1)N(c1cccc(F)c1)C1CCOCC1. The van der Waals surface area contributed by atoms with Crippen LogP contribution in [0.15, 0.2) is 53.7 Å². The van der Waals surface area contributed by atoms with Crippen LogP contribution in [0.1, 0.15) is 12.8 Å². The summed E-state index contributed by atoms with van der Waals surface area (Å²) in [5.41, 5.74) is 0.320. The zero-order valence-electron chi connectivity index (χ0n) is 12.4. The summed E-state index contributed by atoms with van der Waals surface area (Å²) in [6.45, 7) is 0.970. The first kappa shape index (κ1) is 15.9. The summed E-state index contributed by atoms with van der Waals surface area (Å²) in [5, 5.41) is 0. The third-order valence-electron chi connectivity index (χ3n) is 3.78. The lowest BCUT2D eigenvalue weighted by Gasteiger charge is -2.35. The van der Waals surface area contributed by atoms with E-state index in [0.29, 0.717) is 31.7 Å². The summed E-state index contributed by atoms with van der Waals surface area (Å²) in [6.07, 6.45) is 3.95. The molecule has 0 unspecified atom stereocenters. The van der Waals surface area contributed by atoms with Gasteiger partial charge in [-0.05, 0) is 43.2 Å². The van der Waals surface area contributed by atoms with Crippen molar-refractivity contribution >= 4 is 15.7 Å². The van der Waals surface area contributed by atoms with Crippen molar-refractivity contribution in [3.63, 3.8) is 0 Å². The minimum absolute atomic E-state index is 0.0933. The van der Waals surface area contributed by atoms with Crippen LogP contribution < -0.4 is 4.31 Å². The van der Waals surface area contributed by atoms with Crippen LogP contribution >= 0.6 is 0 Å². The molecule has 1 fully saturated rings. The molecule has 7 heteroatoms. The summed E-state index contributed by atoms with van der Waals surface area (Å²) in [4.78, 5) is 3.98. The largest absolute Gasteiger partial charge is 0.381 e. The molecule has 0 bridgehead atoms. The van der Waals surface area contributed by atoms with Crippen molar-refractivity contribution in [2.24, 2.45) is 0 Å². The number of hydrogen-bond acceptors (Lipinski definition) is 4. The van der Waals surface area contributed by atoms with Gasteiger partial charge in [0.05, 0.1) is 5.69 Å². The van der Waals surface area contributed by atoms with Gasteiger partial charge in [-0.2, -0.15) is 0 Å². The number of rotatable bonds is 4. The second kappa shape index (κ2) is 6.64. The maximum absolute atomic E-state index is 13.6. The minimum Gasteiger partial charge on any atom is -0.381 e. The Kier molecular flexibility index (Phi) is 4.58. The van der Waals surface area contributed by atoms with Crippen molar-refractivity contribution in [1.29, 1.82) is 0 Å². The molecule has 0 radical (unpaired) electrons. The first-order valence-electron chi connectivity index (χ1n) is 7.37. The van der Waals surface area contributed by atoms with Gasteiger partial charge in [0.1, 0.15) is 10.7 Å². The molecule has 1 aromatic carbocycles. The standard InChI is InChI=1S/C16H17FN2O3S/c17-13-3-1-4-15(11-13)19(14-6-9-22-10-7-14)23(20,21)16-5-2-8-18-12-16/h1-5,8,11-12,14H,6-7,9-10H2. The molecular weight excluding hydrogens is 319 g/mol. The number of pyridine rings is 1. The van der Waals surface area contributed by atoms with Crippen LogP contribution in [0.4, 0.5) is 10.1 Å². The molecule has 1 aliphatic heterocycles. The Labute approximate surface area is 134 Å². The van der Waals surface area contributed by atoms with E-state index in [1.807, 2.05) is 0 Å². The maximum atomic E-state index is 13.6. The fourth-order valence-electron chi connectivity index (χ4n) is 2.69. The minimum atomic E-state index is -3.82. The Morgan fingerprint density at radius 3 is 2.61 bits per heavy atom. The lowest BCUT2D eigenvalue weighted by Crippen LogP contribution is -2.43. The van der Waals surface area contributed by atoms with Gasteiger partial charge in [-0.25, -0.2) is 12.8 Å². The molecule has 0 spiro atoms. The second-order valence-electron chi connectivity index (χ2n) is 5.31. The lowest BCUT2D eigenvalue weighted by atomic mass is 10.1. The van der Waals surface area contributed by atoms with Gasteiger partial charge in [0.2, 0.25) is 0 Å². The number of nitrogens with zero attached hydrogens (tertiary/aromatic N) is 2. The van der Waals surface area contributed by atoms with Crippen molar-refractivity contribution < 1.29 is 17.5 Å². The molecule has 23 heavy (non-hydrogen) atoms. The number of aromatic nitrogens is 1. The van der Waals surface area contributed by atoms with E-state index in [1.54, 1.807) is 12.1 Å². The maximum Gasteiger partial charge on any atom is 0.266 e. The summed E-state index contributed by atoms with van der Waals surface area (Å²) in [5.74, 6) is -0.471. The Morgan fingerprint density at radius 2 is 1.96 bits per heavy atom. The highest BCUT2D eigenvalue weighted by Crippen LogP contribution is 2.30.